The number of halogens is 1. The first-order valence-corrected chi connectivity index (χ1v) is 11.9. The van der Waals surface area contributed by atoms with E-state index >= 15 is 0 Å². The number of nitrogens with one attached hydrogen (secondary N) is 3. The minimum Gasteiger partial charge on any atom is -0.326 e. The van der Waals surface area contributed by atoms with Crippen LogP contribution in [0.5, 0.6) is 0 Å². The van der Waals surface area contributed by atoms with E-state index in [-0.39, 0.29) is 30.1 Å². The smallest absolute Gasteiger partial charge is 0.240 e. The molecule has 3 N–H and O–H groups in total. The molecule has 1 aliphatic heterocycles. The second-order valence-electron chi connectivity index (χ2n) is 7.67. The molecule has 1 saturated heterocycles. The molecule has 2 aromatic carbocycles. The van der Waals surface area contributed by atoms with E-state index in [1.54, 1.807) is 25.1 Å². The summed E-state index contributed by atoms with van der Waals surface area (Å²) in [5.41, 5.74) is 2.75. The lowest BCUT2D eigenvalue weighted by molar-refractivity contribution is -0.122. The monoisotopic (exact) mass is 529 g/mol. The Hall–Kier alpha value is -2.98. The van der Waals surface area contributed by atoms with Crippen LogP contribution in [0.15, 0.2) is 63.2 Å². The highest BCUT2D eigenvalue weighted by atomic mass is 79.9. The molecule has 0 spiro atoms. The van der Waals surface area contributed by atoms with Gasteiger partial charge < -0.3 is 16.0 Å². The summed E-state index contributed by atoms with van der Waals surface area (Å²) in [6.07, 6.45) is 0.0197. The van der Waals surface area contributed by atoms with Gasteiger partial charge in [-0.1, -0.05) is 53.7 Å². The fourth-order valence-corrected chi connectivity index (χ4v) is 3.97. The number of carbonyl (C=O) groups excluding carboxylic acids is 3. The van der Waals surface area contributed by atoms with Gasteiger partial charge in [0.1, 0.15) is 5.25 Å². The van der Waals surface area contributed by atoms with E-state index in [0.29, 0.717) is 22.3 Å². The largest absolute Gasteiger partial charge is 0.326 e. The quantitative estimate of drug-likeness (QED) is 0.364. The van der Waals surface area contributed by atoms with Crippen molar-refractivity contribution in [2.24, 2.45) is 16.1 Å². The van der Waals surface area contributed by atoms with E-state index in [1.807, 2.05) is 44.2 Å². The zero-order valence-electron chi connectivity index (χ0n) is 18.4. The van der Waals surface area contributed by atoms with Gasteiger partial charge >= 0.3 is 0 Å². The van der Waals surface area contributed by atoms with Crippen molar-refractivity contribution in [1.29, 1.82) is 0 Å². The molecule has 1 heterocycles. The Morgan fingerprint density at radius 1 is 1.12 bits per heavy atom. The van der Waals surface area contributed by atoms with Gasteiger partial charge in [0.15, 0.2) is 5.17 Å². The average molecular weight is 530 g/mol. The van der Waals surface area contributed by atoms with Crippen LogP contribution in [-0.2, 0) is 14.4 Å². The van der Waals surface area contributed by atoms with Crippen LogP contribution in [0.2, 0.25) is 0 Å². The average Bonchev–Trinajstić information content (AvgIpc) is 3.12. The second-order valence-corrected chi connectivity index (χ2v) is 9.78. The van der Waals surface area contributed by atoms with Gasteiger partial charge in [0.25, 0.3) is 0 Å². The zero-order chi connectivity index (χ0) is 24.0. The molecule has 8 nitrogen and oxygen atoms in total. The molecule has 3 rings (SSSR count). The molecule has 10 heteroatoms. The van der Waals surface area contributed by atoms with E-state index in [1.165, 1.54) is 11.8 Å². The molecule has 1 aliphatic rings. The Morgan fingerprint density at radius 3 is 2.55 bits per heavy atom. The Kier molecular flexibility index (Phi) is 8.40. The van der Waals surface area contributed by atoms with Crippen molar-refractivity contribution in [3.8, 4) is 0 Å². The molecule has 0 saturated carbocycles. The number of hydrogen-bond donors (Lipinski definition) is 3. The van der Waals surface area contributed by atoms with Crippen molar-refractivity contribution in [3.05, 3.63) is 58.6 Å². The van der Waals surface area contributed by atoms with Crippen molar-refractivity contribution in [3.63, 3.8) is 0 Å². The third kappa shape index (κ3) is 7.26. The molecule has 1 fully saturated rings. The maximum Gasteiger partial charge on any atom is 0.240 e. The summed E-state index contributed by atoms with van der Waals surface area (Å²) in [6, 6.07) is 14.5. The zero-order valence-corrected chi connectivity index (χ0v) is 20.8. The summed E-state index contributed by atoms with van der Waals surface area (Å²) < 4.78 is 0.912. The highest BCUT2D eigenvalue weighted by molar-refractivity contribution is 9.10. The van der Waals surface area contributed by atoms with E-state index < -0.39 is 5.25 Å². The van der Waals surface area contributed by atoms with Crippen LogP contribution >= 0.6 is 27.7 Å². The lowest BCUT2D eigenvalue weighted by Crippen LogP contribution is -2.28. The summed E-state index contributed by atoms with van der Waals surface area (Å²) in [5.74, 6) is -0.730. The third-order valence-electron chi connectivity index (χ3n) is 4.64. The molecular weight excluding hydrogens is 506 g/mol. The number of carbonyl (C=O) groups is 3. The molecule has 2 aromatic rings. The Labute approximate surface area is 204 Å². The fourth-order valence-electron chi connectivity index (χ4n) is 2.79. The van der Waals surface area contributed by atoms with Crippen LogP contribution in [-0.4, -0.2) is 33.9 Å². The van der Waals surface area contributed by atoms with E-state index in [2.05, 4.69) is 42.1 Å². The van der Waals surface area contributed by atoms with Gasteiger partial charge in [-0.3, -0.25) is 14.4 Å². The Bertz CT molecular complexity index is 1120. The van der Waals surface area contributed by atoms with Crippen LogP contribution in [0, 0.1) is 5.92 Å². The molecule has 0 aromatic heterocycles. The number of benzene rings is 2. The van der Waals surface area contributed by atoms with Crippen LogP contribution in [0.3, 0.4) is 0 Å². The molecule has 0 aliphatic carbocycles. The van der Waals surface area contributed by atoms with Crippen LogP contribution in [0.1, 0.15) is 32.8 Å². The molecule has 1 unspecified atom stereocenters. The molecular formula is C23H24BrN5O3S. The third-order valence-corrected chi connectivity index (χ3v) is 6.24. The summed E-state index contributed by atoms with van der Waals surface area (Å²) in [7, 11) is 0. The van der Waals surface area contributed by atoms with Gasteiger partial charge in [0, 0.05) is 28.2 Å². The van der Waals surface area contributed by atoms with Crippen molar-refractivity contribution in [2.75, 3.05) is 10.6 Å². The van der Waals surface area contributed by atoms with Gasteiger partial charge in [0.2, 0.25) is 17.7 Å². The highest BCUT2D eigenvalue weighted by Gasteiger charge is 2.32. The molecule has 1 atom stereocenters. The molecule has 0 radical (unpaired) electrons. The van der Waals surface area contributed by atoms with Gasteiger partial charge in [-0.05, 0) is 48.9 Å². The SMILES string of the molecule is C/C(=N\N=C1\NC(=O)C(CC(=O)Nc2ccc(Br)cc2)S1)c1cccc(NC(=O)C(C)C)c1. The topological polar surface area (TPSA) is 112 Å². The standard InChI is InChI=1S/C23H24BrN5O3S/c1-13(2)21(31)26-18-6-4-5-15(11-18)14(3)28-29-23-27-22(32)19(33-23)12-20(30)25-17-9-7-16(24)8-10-17/h4-11,13,19H,12H2,1-3H3,(H,25,30)(H,26,31)(H,27,29,32)/b28-14+. The number of amides is 3. The first kappa shape index (κ1) is 24.7. The Balaban J connectivity index is 1.60. The fraction of sp³-hybridized carbons (Fsp3) is 0.261. The number of anilines is 2. The lowest BCUT2D eigenvalue weighted by Gasteiger charge is -2.09. The first-order chi connectivity index (χ1) is 15.7. The molecule has 0 bridgehead atoms. The number of nitrogens with zero attached hydrogens (tertiary/aromatic N) is 2. The van der Waals surface area contributed by atoms with Crippen molar-refractivity contribution in [1.82, 2.24) is 5.32 Å². The summed E-state index contributed by atoms with van der Waals surface area (Å²) in [6.45, 7) is 5.44. The van der Waals surface area contributed by atoms with E-state index in [4.69, 9.17) is 0 Å². The molecule has 3 amide bonds. The molecule has 172 valence electrons. The normalized spacial score (nSPS) is 17.2. The summed E-state index contributed by atoms with van der Waals surface area (Å²) in [5, 5.41) is 16.4. The van der Waals surface area contributed by atoms with Gasteiger partial charge in [-0.25, -0.2) is 0 Å². The number of thioether (sulfide) groups is 1. The van der Waals surface area contributed by atoms with Crippen LogP contribution < -0.4 is 16.0 Å². The summed E-state index contributed by atoms with van der Waals surface area (Å²) in [4.78, 5) is 36.5. The lowest BCUT2D eigenvalue weighted by atomic mass is 10.1. The minimum absolute atomic E-state index is 0.0197. The number of rotatable bonds is 7. The van der Waals surface area contributed by atoms with E-state index in [0.717, 1.165) is 10.0 Å². The van der Waals surface area contributed by atoms with Gasteiger partial charge in [-0.2, -0.15) is 5.10 Å². The second kappa shape index (κ2) is 11.2. The van der Waals surface area contributed by atoms with Gasteiger partial charge in [-0.15, -0.1) is 5.10 Å². The van der Waals surface area contributed by atoms with Crippen molar-refractivity contribution >= 4 is 67.7 Å². The minimum atomic E-state index is -0.579. The molecule has 33 heavy (non-hydrogen) atoms. The van der Waals surface area contributed by atoms with Crippen LogP contribution in [0.25, 0.3) is 0 Å². The number of amidine groups is 1. The predicted octanol–water partition coefficient (Wildman–Crippen LogP) is 4.38. The Morgan fingerprint density at radius 2 is 1.85 bits per heavy atom. The van der Waals surface area contributed by atoms with E-state index in [9.17, 15) is 14.4 Å². The van der Waals surface area contributed by atoms with Crippen molar-refractivity contribution in [2.45, 2.75) is 32.4 Å². The summed E-state index contributed by atoms with van der Waals surface area (Å²) >= 11 is 4.51. The first-order valence-electron chi connectivity index (χ1n) is 10.3. The maximum absolute atomic E-state index is 12.3. The highest BCUT2D eigenvalue weighted by Crippen LogP contribution is 2.24. The number of hydrogen-bond acceptors (Lipinski definition) is 6. The van der Waals surface area contributed by atoms with Crippen molar-refractivity contribution < 1.29 is 14.4 Å². The predicted molar refractivity (Wildman–Crippen MR) is 136 cm³/mol. The van der Waals surface area contributed by atoms with Crippen LogP contribution in [0.4, 0.5) is 11.4 Å². The van der Waals surface area contributed by atoms with Gasteiger partial charge in [0.05, 0.1) is 5.71 Å². The maximum atomic E-state index is 12.3.